The van der Waals surface area contributed by atoms with Crippen molar-refractivity contribution in [3.63, 3.8) is 0 Å². The van der Waals surface area contributed by atoms with Crippen molar-refractivity contribution in [1.82, 2.24) is 20.4 Å². The number of hydrogen-bond donors (Lipinski definition) is 2. The number of aromatic nitrogens is 2. The van der Waals surface area contributed by atoms with E-state index in [4.69, 9.17) is 5.10 Å². The smallest absolute Gasteiger partial charge is 0.251 e. The Hall–Kier alpha value is -3.77. The second-order valence-electron chi connectivity index (χ2n) is 7.67. The van der Waals surface area contributed by atoms with Gasteiger partial charge in [-0.3, -0.25) is 4.79 Å². The number of amides is 1. The van der Waals surface area contributed by atoms with Gasteiger partial charge in [-0.15, -0.1) is 0 Å². The van der Waals surface area contributed by atoms with Crippen LogP contribution in [0.1, 0.15) is 27.0 Å². The van der Waals surface area contributed by atoms with Gasteiger partial charge in [0.2, 0.25) is 0 Å². The third-order valence-electron chi connectivity index (χ3n) is 5.29. The lowest BCUT2D eigenvalue weighted by Crippen LogP contribution is -2.18. The first-order valence-electron chi connectivity index (χ1n) is 10.5. The Morgan fingerprint density at radius 3 is 2.28 bits per heavy atom. The summed E-state index contributed by atoms with van der Waals surface area (Å²) in [7, 11) is 1.62. The Bertz CT molecular complexity index is 1200. The lowest BCUT2D eigenvalue weighted by molar-refractivity contribution is 0.0963. The summed E-state index contributed by atoms with van der Waals surface area (Å²) in [5.74, 6) is -0.371. The van der Waals surface area contributed by atoms with E-state index in [1.807, 2.05) is 30.5 Å². The predicted octanol–water partition coefficient (Wildman–Crippen LogP) is 4.64. The fourth-order valence-electron chi connectivity index (χ4n) is 3.48. The summed E-state index contributed by atoms with van der Waals surface area (Å²) in [6, 6.07) is 22.1. The van der Waals surface area contributed by atoms with Crippen molar-refractivity contribution in [3.8, 4) is 16.9 Å². The van der Waals surface area contributed by atoms with E-state index in [0.717, 1.165) is 28.1 Å². The van der Waals surface area contributed by atoms with Gasteiger partial charge >= 0.3 is 0 Å². The third-order valence-corrected chi connectivity index (χ3v) is 5.29. The highest BCUT2D eigenvalue weighted by atomic mass is 19.1. The Kier molecular flexibility index (Phi) is 6.42. The SMILES string of the molecule is CNC(=O)c1ccc(CNCc2cn(-c3ccc(F)cc3)nc2-c2ccc(C)cc2)cc1. The number of nitrogens with one attached hydrogen (secondary N) is 2. The number of hydrogen-bond acceptors (Lipinski definition) is 3. The first-order valence-corrected chi connectivity index (χ1v) is 10.5. The molecule has 4 aromatic rings. The van der Waals surface area contributed by atoms with Crippen LogP contribution in [0.15, 0.2) is 79.0 Å². The number of rotatable bonds is 7. The summed E-state index contributed by atoms with van der Waals surface area (Å²) >= 11 is 0. The molecule has 1 heterocycles. The Balaban J connectivity index is 1.54. The van der Waals surface area contributed by atoms with Gasteiger partial charge in [-0.25, -0.2) is 9.07 Å². The summed E-state index contributed by atoms with van der Waals surface area (Å²) in [4.78, 5) is 11.7. The van der Waals surface area contributed by atoms with Crippen molar-refractivity contribution in [3.05, 3.63) is 107 Å². The first kappa shape index (κ1) is 21.5. The molecule has 0 saturated carbocycles. The molecule has 5 nitrogen and oxygen atoms in total. The van der Waals surface area contributed by atoms with Crippen LogP contribution in [-0.2, 0) is 13.1 Å². The summed E-state index contributed by atoms with van der Waals surface area (Å²) in [5.41, 5.74) is 6.67. The Labute approximate surface area is 186 Å². The molecule has 1 amide bonds. The molecule has 2 N–H and O–H groups in total. The molecular weight excluding hydrogens is 403 g/mol. The number of nitrogens with zero attached hydrogens (tertiary/aromatic N) is 2. The highest BCUT2D eigenvalue weighted by molar-refractivity contribution is 5.93. The number of halogens is 1. The molecule has 0 atom stereocenters. The van der Waals surface area contributed by atoms with E-state index in [0.29, 0.717) is 18.7 Å². The molecule has 4 rings (SSSR count). The van der Waals surface area contributed by atoms with Gasteiger partial charge in [0.1, 0.15) is 5.82 Å². The van der Waals surface area contributed by atoms with Crippen LogP contribution in [0.3, 0.4) is 0 Å². The van der Waals surface area contributed by atoms with Gasteiger partial charge in [-0.1, -0.05) is 42.0 Å². The zero-order valence-electron chi connectivity index (χ0n) is 18.1. The van der Waals surface area contributed by atoms with Crippen molar-refractivity contribution in [1.29, 1.82) is 0 Å². The average Bonchev–Trinajstić information content (AvgIpc) is 3.24. The zero-order valence-corrected chi connectivity index (χ0v) is 18.1. The van der Waals surface area contributed by atoms with Gasteiger partial charge in [0, 0.05) is 43.0 Å². The van der Waals surface area contributed by atoms with Crippen LogP contribution in [0.2, 0.25) is 0 Å². The fraction of sp³-hybridized carbons (Fsp3) is 0.154. The number of aryl methyl sites for hydroxylation is 1. The van der Waals surface area contributed by atoms with Crippen molar-refractivity contribution < 1.29 is 9.18 Å². The number of benzene rings is 3. The van der Waals surface area contributed by atoms with Gasteiger partial charge in [-0.05, 0) is 48.9 Å². The first-order chi connectivity index (χ1) is 15.5. The second kappa shape index (κ2) is 9.58. The van der Waals surface area contributed by atoms with Crippen LogP contribution < -0.4 is 10.6 Å². The van der Waals surface area contributed by atoms with E-state index in [2.05, 4.69) is 41.8 Å². The average molecular weight is 429 g/mol. The van der Waals surface area contributed by atoms with Gasteiger partial charge < -0.3 is 10.6 Å². The molecule has 0 spiro atoms. The third kappa shape index (κ3) is 4.92. The standard InChI is InChI=1S/C26H25FN4O/c1-18-3-7-20(8-4-18)25-22(17-31(30-25)24-13-11-23(27)12-14-24)16-29-15-19-5-9-21(10-6-19)26(32)28-2/h3-14,17,29H,15-16H2,1-2H3,(H,28,32). The quantitative estimate of drug-likeness (QED) is 0.451. The topological polar surface area (TPSA) is 59.0 Å². The minimum atomic E-state index is -0.274. The molecule has 32 heavy (non-hydrogen) atoms. The van der Waals surface area contributed by atoms with Crippen molar-refractivity contribution in [2.24, 2.45) is 0 Å². The summed E-state index contributed by atoms with van der Waals surface area (Å²) < 4.78 is 15.1. The minimum absolute atomic E-state index is 0.0968. The van der Waals surface area contributed by atoms with E-state index in [1.165, 1.54) is 17.7 Å². The molecule has 162 valence electrons. The number of carbonyl (C=O) groups is 1. The number of carbonyl (C=O) groups excluding carboxylic acids is 1. The van der Waals surface area contributed by atoms with E-state index in [1.54, 1.807) is 23.9 Å². The maximum atomic E-state index is 13.3. The van der Waals surface area contributed by atoms with Crippen molar-refractivity contribution in [2.75, 3.05) is 7.05 Å². The van der Waals surface area contributed by atoms with E-state index >= 15 is 0 Å². The Morgan fingerprint density at radius 1 is 0.938 bits per heavy atom. The lowest BCUT2D eigenvalue weighted by Gasteiger charge is -2.07. The van der Waals surface area contributed by atoms with Crippen LogP contribution in [0.25, 0.3) is 16.9 Å². The Morgan fingerprint density at radius 2 is 1.62 bits per heavy atom. The van der Waals surface area contributed by atoms with Crippen molar-refractivity contribution >= 4 is 5.91 Å². The molecular formula is C26H25FN4O. The predicted molar refractivity (Wildman–Crippen MR) is 124 cm³/mol. The van der Waals surface area contributed by atoms with Gasteiger partial charge in [-0.2, -0.15) is 5.10 Å². The van der Waals surface area contributed by atoms with Crippen LogP contribution in [0.4, 0.5) is 4.39 Å². The minimum Gasteiger partial charge on any atom is -0.355 e. The molecule has 0 fully saturated rings. The summed E-state index contributed by atoms with van der Waals surface area (Å²) in [6.45, 7) is 3.32. The maximum Gasteiger partial charge on any atom is 0.251 e. The summed E-state index contributed by atoms with van der Waals surface area (Å²) in [6.07, 6.45) is 1.98. The molecule has 0 bridgehead atoms. The molecule has 0 aliphatic rings. The van der Waals surface area contributed by atoms with Crippen LogP contribution in [0, 0.1) is 12.7 Å². The van der Waals surface area contributed by atoms with Crippen LogP contribution in [-0.4, -0.2) is 22.7 Å². The highest BCUT2D eigenvalue weighted by Gasteiger charge is 2.12. The molecule has 3 aromatic carbocycles. The van der Waals surface area contributed by atoms with Gasteiger partial charge in [0.15, 0.2) is 0 Å². The van der Waals surface area contributed by atoms with E-state index in [9.17, 15) is 9.18 Å². The molecule has 0 saturated heterocycles. The van der Waals surface area contributed by atoms with Crippen molar-refractivity contribution in [2.45, 2.75) is 20.0 Å². The lowest BCUT2D eigenvalue weighted by atomic mass is 10.1. The largest absolute Gasteiger partial charge is 0.355 e. The van der Waals surface area contributed by atoms with Crippen LogP contribution >= 0.6 is 0 Å². The zero-order chi connectivity index (χ0) is 22.5. The van der Waals surface area contributed by atoms with E-state index < -0.39 is 0 Å². The van der Waals surface area contributed by atoms with Gasteiger partial charge in [0.25, 0.3) is 5.91 Å². The fourth-order valence-corrected chi connectivity index (χ4v) is 3.48. The molecule has 0 unspecified atom stereocenters. The maximum absolute atomic E-state index is 13.3. The van der Waals surface area contributed by atoms with Crippen LogP contribution in [0.5, 0.6) is 0 Å². The molecule has 0 aliphatic heterocycles. The molecule has 0 radical (unpaired) electrons. The van der Waals surface area contributed by atoms with Gasteiger partial charge in [0.05, 0.1) is 11.4 Å². The molecule has 6 heteroatoms. The monoisotopic (exact) mass is 428 g/mol. The second-order valence-corrected chi connectivity index (χ2v) is 7.67. The molecule has 0 aliphatic carbocycles. The summed E-state index contributed by atoms with van der Waals surface area (Å²) in [5, 5.41) is 10.9. The molecule has 1 aromatic heterocycles. The normalized spacial score (nSPS) is 10.8. The highest BCUT2D eigenvalue weighted by Crippen LogP contribution is 2.24. The van der Waals surface area contributed by atoms with E-state index in [-0.39, 0.29) is 11.7 Å².